The molecule has 8 heteroatoms. The Hall–Kier alpha value is -1.67. The molecule has 2 rings (SSSR count). The quantitative estimate of drug-likeness (QED) is 0.465. The number of hydrogen-bond donors (Lipinski definition) is 3. The maximum absolute atomic E-state index is 9.00. The highest BCUT2D eigenvalue weighted by atomic mass is 16.5. The van der Waals surface area contributed by atoms with Gasteiger partial charge in [0.15, 0.2) is 0 Å². The van der Waals surface area contributed by atoms with Crippen LogP contribution in [0.4, 0.5) is 11.9 Å². The number of nitrogen functional groups attached to an aromatic ring is 1. The van der Waals surface area contributed by atoms with Gasteiger partial charge in [-0.2, -0.15) is 15.0 Å². The molecule has 1 aromatic rings. The molecule has 19 heavy (non-hydrogen) atoms. The van der Waals surface area contributed by atoms with Crippen molar-refractivity contribution in [3.63, 3.8) is 0 Å². The van der Waals surface area contributed by atoms with Crippen molar-refractivity contribution in [3.8, 4) is 6.01 Å². The second kappa shape index (κ2) is 6.48. The van der Waals surface area contributed by atoms with Gasteiger partial charge >= 0.3 is 6.01 Å². The molecular weight excluding hydrogens is 248 g/mol. The molecule has 4 N–H and O–H groups in total. The SMILES string of the molecule is COc1nc(NN)nc(N(CCCO)C2CCC2)n1. The predicted octanol–water partition coefficient (Wildman–Crippen LogP) is -0.0929. The number of anilines is 2. The Morgan fingerprint density at radius 3 is 2.74 bits per heavy atom. The van der Waals surface area contributed by atoms with E-state index in [-0.39, 0.29) is 18.6 Å². The van der Waals surface area contributed by atoms with E-state index in [0.29, 0.717) is 25.0 Å². The fourth-order valence-corrected chi connectivity index (χ4v) is 2.02. The smallest absolute Gasteiger partial charge is 0.322 e. The number of ether oxygens (including phenoxy) is 1. The van der Waals surface area contributed by atoms with Gasteiger partial charge in [0.2, 0.25) is 11.9 Å². The van der Waals surface area contributed by atoms with Crippen LogP contribution in [0.15, 0.2) is 0 Å². The summed E-state index contributed by atoms with van der Waals surface area (Å²) in [4.78, 5) is 14.6. The molecule has 0 saturated heterocycles. The van der Waals surface area contributed by atoms with Gasteiger partial charge in [0.1, 0.15) is 0 Å². The van der Waals surface area contributed by atoms with E-state index in [2.05, 4.69) is 25.3 Å². The number of nitrogens with zero attached hydrogens (tertiary/aromatic N) is 4. The van der Waals surface area contributed by atoms with E-state index in [1.807, 2.05) is 0 Å². The molecule has 1 fully saturated rings. The lowest BCUT2D eigenvalue weighted by Gasteiger charge is -2.37. The molecule has 0 unspecified atom stereocenters. The maximum atomic E-state index is 9.00. The Morgan fingerprint density at radius 2 is 2.21 bits per heavy atom. The van der Waals surface area contributed by atoms with Crippen LogP contribution in [0.25, 0.3) is 0 Å². The predicted molar refractivity (Wildman–Crippen MR) is 70.9 cm³/mol. The van der Waals surface area contributed by atoms with Crippen LogP contribution in [0.3, 0.4) is 0 Å². The monoisotopic (exact) mass is 268 g/mol. The van der Waals surface area contributed by atoms with Gasteiger partial charge in [-0.25, -0.2) is 5.84 Å². The van der Waals surface area contributed by atoms with Gasteiger partial charge < -0.3 is 14.7 Å². The van der Waals surface area contributed by atoms with Crippen LogP contribution in [0.1, 0.15) is 25.7 Å². The Balaban J connectivity index is 2.23. The highest BCUT2D eigenvalue weighted by Crippen LogP contribution is 2.28. The summed E-state index contributed by atoms with van der Waals surface area (Å²) < 4.78 is 5.05. The first-order chi connectivity index (χ1) is 9.28. The Bertz CT molecular complexity index is 390. The van der Waals surface area contributed by atoms with Crippen molar-refractivity contribution >= 4 is 11.9 Å². The summed E-state index contributed by atoms with van der Waals surface area (Å²) in [5.41, 5.74) is 2.41. The van der Waals surface area contributed by atoms with Crippen LogP contribution in [-0.4, -0.2) is 46.4 Å². The molecule has 8 nitrogen and oxygen atoms in total. The van der Waals surface area contributed by atoms with E-state index in [9.17, 15) is 0 Å². The molecule has 106 valence electrons. The van der Waals surface area contributed by atoms with E-state index >= 15 is 0 Å². The van der Waals surface area contributed by atoms with Crippen molar-refractivity contribution in [2.24, 2.45) is 5.84 Å². The van der Waals surface area contributed by atoms with Crippen molar-refractivity contribution < 1.29 is 9.84 Å². The zero-order chi connectivity index (χ0) is 13.7. The topological polar surface area (TPSA) is 109 Å². The molecule has 1 heterocycles. The molecule has 1 saturated carbocycles. The number of aromatic nitrogens is 3. The Labute approximate surface area is 112 Å². The summed E-state index contributed by atoms with van der Waals surface area (Å²) in [6.45, 7) is 0.853. The summed E-state index contributed by atoms with van der Waals surface area (Å²) in [6, 6.07) is 0.649. The third-order valence-corrected chi connectivity index (χ3v) is 3.24. The van der Waals surface area contributed by atoms with Crippen molar-refractivity contribution in [2.75, 3.05) is 30.6 Å². The first-order valence-corrected chi connectivity index (χ1v) is 6.42. The van der Waals surface area contributed by atoms with Gasteiger partial charge in [0.25, 0.3) is 0 Å². The van der Waals surface area contributed by atoms with E-state index < -0.39 is 0 Å². The van der Waals surface area contributed by atoms with Crippen molar-refractivity contribution in [1.29, 1.82) is 0 Å². The first-order valence-electron chi connectivity index (χ1n) is 6.42. The Kier molecular flexibility index (Phi) is 4.69. The van der Waals surface area contributed by atoms with Crippen molar-refractivity contribution in [3.05, 3.63) is 0 Å². The normalized spacial score (nSPS) is 14.9. The summed E-state index contributed by atoms with van der Waals surface area (Å²) in [6.07, 6.45) is 4.12. The minimum absolute atomic E-state index is 0.146. The fourth-order valence-electron chi connectivity index (χ4n) is 2.02. The molecule has 0 aromatic carbocycles. The van der Waals surface area contributed by atoms with Gasteiger partial charge in [0, 0.05) is 19.2 Å². The summed E-state index contributed by atoms with van der Waals surface area (Å²) in [5, 5.41) is 9.00. The molecule has 1 aliphatic carbocycles. The first kappa shape index (κ1) is 13.8. The van der Waals surface area contributed by atoms with E-state index in [4.69, 9.17) is 15.7 Å². The molecule has 1 aromatic heterocycles. The van der Waals surface area contributed by atoms with Gasteiger partial charge in [-0.15, -0.1) is 0 Å². The van der Waals surface area contributed by atoms with Crippen LogP contribution in [0, 0.1) is 0 Å². The van der Waals surface area contributed by atoms with Crippen LogP contribution >= 0.6 is 0 Å². The molecule has 1 aliphatic rings. The molecule has 0 aliphatic heterocycles. The molecule has 0 radical (unpaired) electrons. The van der Waals surface area contributed by atoms with Crippen molar-refractivity contribution in [1.82, 2.24) is 15.0 Å². The molecular formula is C11H20N6O2. The van der Waals surface area contributed by atoms with Gasteiger partial charge in [0.05, 0.1) is 7.11 Å². The number of aliphatic hydroxyl groups excluding tert-OH is 1. The molecule has 0 atom stereocenters. The van der Waals surface area contributed by atoms with E-state index in [1.165, 1.54) is 13.5 Å². The average molecular weight is 268 g/mol. The van der Waals surface area contributed by atoms with Crippen LogP contribution in [-0.2, 0) is 0 Å². The third-order valence-electron chi connectivity index (χ3n) is 3.24. The lowest BCUT2D eigenvalue weighted by atomic mass is 9.91. The van der Waals surface area contributed by atoms with Crippen LogP contribution in [0.5, 0.6) is 6.01 Å². The van der Waals surface area contributed by atoms with E-state index in [1.54, 1.807) is 0 Å². The minimum atomic E-state index is 0.146. The molecule has 0 amide bonds. The second-order valence-corrected chi connectivity index (χ2v) is 4.45. The van der Waals surface area contributed by atoms with Crippen LogP contribution in [0.2, 0.25) is 0 Å². The third kappa shape index (κ3) is 3.21. The summed E-state index contributed by atoms with van der Waals surface area (Å²) in [7, 11) is 1.50. The van der Waals surface area contributed by atoms with Gasteiger partial charge in [-0.3, -0.25) is 5.43 Å². The number of nitrogens with one attached hydrogen (secondary N) is 1. The molecule has 0 spiro atoms. The largest absolute Gasteiger partial charge is 0.467 e. The highest BCUT2D eigenvalue weighted by Gasteiger charge is 2.27. The van der Waals surface area contributed by atoms with Crippen molar-refractivity contribution in [2.45, 2.75) is 31.7 Å². The average Bonchev–Trinajstić information content (AvgIpc) is 2.40. The molecule has 0 bridgehead atoms. The summed E-state index contributed by atoms with van der Waals surface area (Å²) >= 11 is 0. The lowest BCUT2D eigenvalue weighted by Crippen LogP contribution is -2.42. The maximum Gasteiger partial charge on any atom is 0.322 e. The van der Waals surface area contributed by atoms with Gasteiger partial charge in [-0.1, -0.05) is 0 Å². The minimum Gasteiger partial charge on any atom is -0.467 e. The Morgan fingerprint density at radius 1 is 1.42 bits per heavy atom. The zero-order valence-electron chi connectivity index (χ0n) is 11.0. The number of nitrogens with two attached hydrogens (primary N) is 1. The van der Waals surface area contributed by atoms with Crippen LogP contribution < -0.4 is 20.9 Å². The number of rotatable bonds is 7. The fraction of sp³-hybridized carbons (Fsp3) is 0.727. The van der Waals surface area contributed by atoms with Gasteiger partial charge in [-0.05, 0) is 25.7 Å². The number of methoxy groups -OCH3 is 1. The number of aliphatic hydroxyl groups is 1. The van der Waals surface area contributed by atoms with E-state index in [0.717, 1.165) is 12.8 Å². The summed E-state index contributed by atoms with van der Waals surface area (Å²) in [5.74, 6) is 6.16. The standard InChI is InChI=1S/C11H20N6O2/c1-19-11-14-9(16-12)13-10(15-11)17(6-3-7-18)8-4-2-5-8/h8,18H,2-7,12H2,1H3,(H,13,14,15,16). The number of hydrazine groups is 1. The second-order valence-electron chi connectivity index (χ2n) is 4.45. The highest BCUT2D eigenvalue weighted by molar-refractivity contribution is 5.39. The zero-order valence-corrected chi connectivity index (χ0v) is 11.0. The lowest BCUT2D eigenvalue weighted by molar-refractivity contribution is 0.282. The number of hydrogen-bond acceptors (Lipinski definition) is 8.